The Bertz CT molecular complexity index is 377. The van der Waals surface area contributed by atoms with E-state index in [1.165, 1.54) is 24.6 Å². The first-order chi connectivity index (χ1) is 7.47. The van der Waals surface area contributed by atoms with Crippen LogP contribution in [0, 0.1) is 6.92 Å². The molecule has 0 fully saturated rings. The summed E-state index contributed by atoms with van der Waals surface area (Å²) in [4.78, 5) is 12.6. The van der Waals surface area contributed by atoms with Crippen LogP contribution in [0.15, 0.2) is 29.2 Å². The van der Waals surface area contributed by atoms with Gasteiger partial charge in [0, 0.05) is 4.90 Å². The quantitative estimate of drug-likeness (QED) is 0.647. The zero-order valence-electron chi connectivity index (χ0n) is 10.0. The Hall–Kier alpha value is -1.00. The molecule has 1 aromatic carbocycles. The van der Waals surface area contributed by atoms with Crippen LogP contribution in [-0.2, 0) is 9.53 Å². The lowest BCUT2D eigenvalue weighted by Crippen LogP contribution is -2.43. The summed E-state index contributed by atoms with van der Waals surface area (Å²) in [6.45, 7) is 5.63. The fraction of sp³-hybridized carbons (Fsp3) is 0.417. The van der Waals surface area contributed by atoms with Crippen molar-refractivity contribution < 1.29 is 9.53 Å². The molecule has 0 spiro atoms. The molecule has 0 unspecified atom stereocenters. The standard InChI is InChI=1S/C12H17NO2S/c1-9-7-5-6-8-10(9)16-13-12(2,3)11(14)15-4/h5-8,13H,1-4H3. The zero-order chi connectivity index (χ0) is 12.2. The van der Waals surface area contributed by atoms with Crippen molar-refractivity contribution in [1.82, 2.24) is 4.72 Å². The maximum atomic E-state index is 11.4. The third-order valence-corrected chi connectivity index (χ3v) is 3.50. The van der Waals surface area contributed by atoms with Gasteiger partial charge in [-0.05, 0) is 44.3 Å². The molecule has 0 aliphatic rings. The summed E-state index contributed by atoms with van der Waals surface area (Å²) in [7, 11) is 1.39. The van der Waals surface area contributed by atoms with E-state index in [0.29, 0.717) is 0 Å². The monoisotopic (exact) mass is 239 g/mol. The van der Waals surface area contributed by atoms with Gasteiger partial charge in [0.05, 0.1) is 7.11 Å². The van der Waals surface area contributed by atoms with Gasteiger partial charge in [0.2, 0.25) is 0 Å². The Morgan fingerprint density at radius 2 is 2.00 bits per heavy atom. The van der Waals surface area contributed by atoms with Gasteiger partial charge in [0.15, 0.2) is 0 Å². The average Bonchev–Trinajstić information content (AvgIpc) is 2.27. The number of aryl methyl sites for hydroxylation is 1. The van der Waals surface area contributed by atoms with Crippen LogP contribution < -0.4 is 4.72 Å². The number of carbonyl (C=O) groups excluding carboxylic acids is 1. The minimum absolute atomic E-state index is 0.270. The third-order valence-electron chi connectivity index (χ3n) is 2.21. The fourth-order valence-electron chi connectivity index (χ4n) is 1.15. The van der Waals surface area contributed by atoms with Gasteiger partial charge in [-0.3, -0.25) is 4.79 Å². The van der Waals surface area contributed by atoms with Crippen molar-refractivity contribution in [2.75, 3.05) is 7.11 Å². The smallest absolute Gasteiger partial charge is 0.326 e. The highest BCUT2D eigenvalue weighted by Gasteiger charge is 2.28. The van der Waals surface area contributed by atoms with E-state index in [9.17, 15) is 4.79 Å². The van der Waals surface area contributed by atoms with Gasteiger partial charge < -0.3 is 4.74 Å². The van der Waals surface area contributed by atoms with Crippen LogP contribution >= 0.6 is 11.9 Å². The van der Waals surface area contributed by atoms with Crippen LogP contribution in [0.1, 0.15) is 19.4 Å². The molecule has 88 valence electrons. The van der Waals surface area contributed by atoms with E-state index in [1.807, 2.05) is 31.2 Å². The molecule has 3 nitrogen and oxygen atoms in total. The highest BCUT2D eigenvalue weighted by molar-refractivity contribution is 7.97. The highest BCUT2D eigenvalue weighted by atomic mass is 32.2. The minimum atomic E-state index is -0.693. The maximum Gasteiger partial charge on any atom is 0.326 e. The molecule has 4 heteroatoms. The van der Waals surface area contributed by atoms with Crippen LogP contribution in [0.5, 0.6) is 0 Å². The van der Waals surface area contributed by atoms with E-state index in [4.69, 9.17) is 4.74 Å². The maximum absolute atomic E-state index is 11.4. The second-order valence-corrected chi connectivity index (χ2v) is 4.93. The molecular weight excluding hydrogens is 222 g/mol. The summed E-state index contributed by atoms with van der Waals surface area (Å²) in [5.74, 6) is -0.270. The molecule has 0 bridgehead atoms. The van der Waals surface area contributed by atoms with Crippen molar-refractivity contribution in [2.45, 2.75) is 31.2 Å². The Morgan fingerprint density at radius 3 is 2.56 bits per heavy atom. The minimum Gasteiger partial charge on any atom is -0.468 e. The van der Waals surface area contributed by atoms with E-state index in [2.05, 4.69) is 4.72 Å². The second kappa shape index (κ2) is 5.37. The molecule has 0 aliphatic heterocycles. The van der Waals surface area contributed by atoms with Crippen molar-refractivity contribution in [3.8, 4) is 0 Å². The van der Waals surface area contributed by atoms with Crippen molar-refractivity contribution in [3.05, 3.63) is 29.8 Å². The van der Waals surface area contributed by atoms with Gasteiger partial charge in [-0.25, -0.2) is 4.72 Å². The summed E-state index contributed by atoms with van der Waals surface area (Å²) in [6.07, 6.45) is 0. The topological polar surface area (TPSA) is 38.3 Å². The molecule has 0 aliphatic carbocycles. The molecule has 0 atom stereocenters. The molecule has 16 heavy (non-hydrogen) atoms. The predicted octanol–water partition coefficient (Wildman–Crippen LogP) is 2.54. The summed E-state index contributed by atoms with van der Waals surface area (Å²) < 4.78 is 7.83. The highest BCUT2D eigenvalue weighted by Crippen LogP contribution is 2.22. The lowest BCUT2D eigenvalue weighted by atomic mass is 10.1. The van der Waals surface area contributed by atoms with Crippen molar-refractivity contribution in [1.29, 1.82) is 0 Å². The Balaban J connectivity index is 2.65. The fourth-order valence-corrected chi connectivity index (χ4v) is 1.97. The Kier molecular flexibility index (Phi) is 4.38. The van der Waals surface area contributed by atoms with E-state index in [1.54, 1.807) is 13.8 Å². The molecule has 1 N–H and O–H groups in total. The summed E-state index contributed by atoms with van der Waals surface area (Å²) in [5.41, 5.74) is 0.488. The van der Waals surface area contributed by atoms with E-state index < -0.39 is 5.54 Å². The third kappa shape index (κ3) is 3.25. The molecule has 1 rings (SSSR count). The SMILES string of the molecule is COC(=O)C(C)(C)NSc1ccccc1C. The molecule has 0 amide bonds. The number of carbonyl (C=O) groups is 1. The molecule has 1 aromatic rings. The van der Waals surface area contributed by atoms with Crippen LogP contribution in [0.25, 0.3) is 0 Å². The predicted molar refractivity (Wildman–Crippen MR) is 66.3 cm³/mol. The van der Waals surface area contributed by atoms with E-state index in [0.717, 1.165) is 4.90 Å². The van der Waals surface area contributed by atoms with Gasteiger partial charge >= 0.3 is 5.97 Å². The summed E-state index contributed by atoms with van der Waals surface area (Å²) >= 11 is 1.45. The number of ether oxygens (including phenoxy) is 1. The van der Waals surface area contributed by atoms with Gasteiger partial charge in [-0.2, -0.15) is 0 Å². The van der Waals surface area contributed by atoms with Gasteiger partial charge in [0.1, 0.15) is 5.54 Å². The molecular formula is C12H17NO2S. The molecule has 0 saturated carbocycles. The van der Waals surface area contributed by atoms with Crippen LogP contribution in [-0.4, -0.2) is 18.6 Å². The summed E-state index contributed by atoms with van der Waals surface area (Å²) in [5, 5.41) is 0. The lowest BCUT2D eigenvalue weighted by Gasteiger charge is -2.22. The number of hydrogen-bond acceptors (Lipinski definition) is 4. The Labute approximate surface area is 101 Å². The number of rotatable bonds is 4. The largest absolute Gasteiger partial charge is 0.468 e. The molecule has 0 saturated heterocycles. The first kappa shape index (κ1) is 13.1. The van der Waals surface area contributed by atoms with Gasteiger partial charge in [-0.15, -0.1) is 0 Å². The summed E-state index contributed by atoms with van der Waals surface area (Å²) in [6, 6.07) is 8.02. The van der Waals surface area contributed by atoms with Crippen molar-refractivity contribution in [3.63, 3.8) is 0 Å². The number of nitrogens with one attached hydrogen (secondary N) is 1. The average molecular weight is 239 g/mol. The number of hydrogen-bond donors (Lipinski definition) is 1. The number of methoxy groups -OCH3 is 1. The van der Waals surface area contributed by atoms with Crippen molar-refractivity contribution >= 4 is 17.9 Å². The normalized spacial score (nSPS) is 11.2. The van der Waals surface area contributed by atoms with Gasteiger partial charge in [-0.1, -0.05) is 18.2 Å². The number of benzene rings is 1. The van der Waals surface area contributed by atoms with Crippen LogP contribution in [0.2, 0.25) is 0 Å². The van der Waals surface area contributed by atoms with Crippen molar-refractivity contribution in [2.24, 2.45) is 0 Å². The van der Waals surface area contributed by atoms with Crippen LogP contribution in [0.3, 0.4) is 0 Å². The molecule has 0 heterocycles. The van der Waals surface area contributed by atoms with Gasteiger partial charge in [0.25, 0.3) is 0 Å². The molecule has 0 radical (unpaired) electrons. The Morgan fingerprint density at radius 1 is 1.38 bits per heavy atom. The first-order valence-corrected chi connectivity index (χ1v) is 5.87. The zero-order valence-corrected chi connectivity index (χ0v) is 10.9. The molecule has 0 aromatic heterocycles. The lowest BCUT2D eigenvalue weighted by molar-refractivity contribution is -0.146. The van der Waals surface area contributed by atoms with Crippen LogP contribution in [0.4, 0.5) is 0 Å². The van der Waals surface area contributed by atoms with E-state index in [-0.39, 0.29) is 5.97 Å². The first-order valence-electron chi connectivity index (χ1n) is 5.05. The second-order valence-electron chi connectivity index (χ2n) is 4.09. The van der Waals surface area contributed by atoms with E-state index >= 15 is 0 Å². The number of esters is 1.